The molecule has 2 heterocycles. The van der Waals surface area contributed by atoms with Crippen molar-refractivity contribution >= 4 is 0 Å². The molecule has 1 aliphatic rings. The van der Waals surface area contributed by atoms with Gasteiger partial charge in [-0.2, -0.15) is 5.10 Å². The van der Waals surface area contributed by atoms with Gasteiger partial charge in [-0.25, -0.2) is 9.67 Å². The van der Waals surface area contributed by atoms with E-state index in [2.05, 4.69) is 17.0 Å². The van der Waals surface area contributed by atoms with Crippen molar-refractivity contribution < 1.29 is 0 Å². The zero-order valence-electron chi connectivity index (χ0n) is 9.87. The number of hydrogen-bond acceptors (Lipinski definition) is 3. The van der Waals surface area contributed by atoms with E-state index < -0.39 is 0 Å². The van der Waals surface area contributed by atoms with Gasteiger partial charge in [0, 0.05) is 18.0 Å². The third-order valence-corrected chi connectivity index (χ3v) is 3.44. The van der Waals surface area contributed by atoms with Crippen LogP contribution >= 0.6 is 0 Å². The molecule has 1 aliphatic heterocycles. The number of nitrogens with two attached hydrogens (primary N) is 1. The summed E-state index contributed by atoms with van der Waals surface area (Å²) in [6.45, 7) is 2.11. The van der Waals surface area contributed by atoms with E-state index >= 15 is 0 Å². The van der Waals surface area contributed by atoms with E-state index in [1.165, 1.54) is 0 Å². The average Bonchev–Trinajstić information content (AvgIpc) is 2.80. The smallest absolute Gasteiger partial charge is 0.181 e. The molecule has 0 fully saturated rings. The van der Waals surface area contributed by atoms with Gasteiger partial charge >= 0.3 is 0 Å². The first-order valence-corrected chi connectivity index (χ1v) is 6.02. The molecule has 0 saturated heterocycles. The predicted molar refractivity (Wildman–Crippen MR) is 66.5 cm³/mol. The van der Waals surface area contributed by atoms with Gasteiger partial charge in [-0.15, -0.1) is 0 Å². The molecule has 17 heavy (non-hydrogen) atoms. The van der Waals surface area contributed by atoms with Crippen molar-refractivity contribution in [2.45, 2.75) is 31.8 Å². The highest BCUT2D eigenvalue weighted by atomic mass is 15.4. The summed E-state index contributed by atoms with van der Waals surface area (Å²) < 4.78 is 1.98. The topological polar surface area (TPSA) is 56.7 Å². The lowest BCUT2D eigenvalue weighted by Crippen LogP contribution is -2.36. The number of benzene rings is 1. The van der Waals surface area contributed by atoms with Crippen LogP contribution in [0.2, 0.25) is 0 Å². The van der Waals surface area contributed by atoms with Gasteiger partial charge in [0.25, 0.3) is 0 Å². The SMILES string of the molecule is CC1C(N)CCc2nc(-c3ccccc3)nn21. The minimum absolute atomic E-state index is 0.188. The number of aryl methyl sites for hydroxylation is 1. The quantitative estimate of drug-likeness (QED) is 0.809. The fourth-order valence-corrected chi connectivity index (χ4v) is 2.28. The van der Waals surface area contributed by atoms with Crippen molar-refractivity contribution in [3.05, 3.63) is 36.2 Å². The van der Waals surface area contributed by atoms with Gasteiger partial charge in [-0.1, -0.05) is 30.3 Å². The monoisotopic (exact) mass is 228 g/mol. The molecular formula is C13H16N4. The third-order valence-electron chi connectivity index (χ3n) is 3.44. The Balaban J connectivity index is 2.03. The Bertz CT molecular complexity index is 517. The summed E-state index contributed by atoms with van der Waals surface area (Å²) in [7, 11) is 0. The molecule has 1 aromatic carbocycles. The highest BCUT2D eigenvalue weighted by Crippen LogP contribution is 2.24. The summed E-state index contributed by atoms with van der Waals surface area (Å²) in [6.07, 6.45) is 1.92. The highest BCUT2D eigenvalue weighted by molar-refractivity contribution is 5.54. The van der Waals surface area contributed by atoms with Crippen molar-refractivity contribution in [2.75, 3.05) is 0 Å². The minimum atomic E-state index is 0.188. The first-order valence-electron chi connectivity index (χ1n) is 6.02. The summed E-state index contributed by atoms with van der Waals surface area (Å²) in [6, 6.07) is 10.5. The Morgan fingerprint density at radius 1 is 1.29 bits per heavy atom. The molecule has 2 aromatic rings. The standard InChI is InChI=1S/C13H16N4/c1-9-11(14)7-8-12-15-13(16-17(9)12)10-5-3-2-4-6-10/h2-6,9,11H,7-8,14H2,1H3. The predicted octanol–water partition coefficient (Wildman–Crippen LogP) is 1.78. The van der Waals surface area contributed by atoms with Crippen LogP contribution < -0.4 is 5.73 Å². The normalized spacial score (nSPS) is 23.4. The molecule has 1 aromatic heterocycles. The van der Waals surface area contributed by atoms with Gasteiger partial charge in [0.15, 0.2) is 5.82 Å². The zero-order chi connectivity index (χ0) is 11.8. The zero-order valence-corrected chi connectivity index (χ0v) is 9.87. The lowest BCUT2D eigenvalue weighted by atomic mass is 10.0. The summed E-state index contributed by atoms with van der Waals surface area (Å²) in [5.74, 6) is 1.86. The van der Waals surface area contributed by atoms with Gasteiger partial charge in [-0.3, -0.25) is 0 Å². The second kappa shape index (κ2) is 3.96. The molecule has 88 valence electrons. The Morgan fingerprint density at radius 3 is 2.82 bits per heavy atom. The van der Waals surface area contributed by atoms with Crippen LogP contribution in [0.1, 0.15) is 25.2 Å². The van der Waals surface area contributed by atoms with Crippen molar-refractivity contribution in [1.82, 2.24) is 14.8 Å². The van der Waals surface area contributed by atoms with Crippen molar-refractivity contribution in [3.8, 4) is 11.4 Å². The fourth-order valence-electron chi connectivity index (χ4n) is 2.28. The molecule has 0 amide bonds. The van der Waals surface area contributed by atoms with E-state index in [9.17, 15) is 0 Å². The first kappa shape index (κ1) is 10.5. The Hall–Kier alpha value is -1.68. The van der Waals surface area contributed by atoms with E-state index in [4.69, 9.17) is 5.73 Å². The van der Waals surface area contributed by atoms with E-state index in [1.807, 2.05) is 35.0 Å². The number of rotatable bonds is 1. The molecule has 4 nitrogen and oxygen atoms in total. The summed E-state index contributed by atoms with van der Waals surface area (Å²) in [4.78, 5) is 4.60. The van der Waals surface area contributed by atoms with Crippen LogP contribution in [0.3, 0.4) is 0 Å². The van der Waals surface area contributed by atoms with Crippen LogP contribution in [0.15, 0.2) is 30.3 Å². The largest absolute Gasteiger partial charge is 0.326 e. The van der Waals surface area contributed by atoms with E-state index in [1.54, 1.807) is 0 Å². The fraction of sp³-hybridized carbons (Fsp3) is 0.385. The molecule has 0 aliphatic carbocycles. The van der Waals surface area contributed by atoms with E-state index in [0.717, 1.165) is 30.1 Å². The molecule has 2 atom stereocenters. The van der Waals surface area contributed by atoms with Crippen molar-refractivity contribution in [3.63, 3.8) is 0 Å². The second-order valence-corrected chi connectivity index (χ2v) is 4.61. The maximum absolute atomic E-state index is 6.05. The van der Waals surface area contributed by atoms with Gasteiger partial charge in [-0.05, 0) is 13.3 Å². The molecule has 0 spiro atoms. The Labute approximate surface area is 100 Å². The molecule has 0 saturated carbocycles. The van der Waals surface area contributed by atoms with Crippen molar-refractivity contribution in [2.24, 2.45) is 5.73 Å². The molecule has 3 rings (SSSR count). The highest BCUT2D eigenvalue weighted by Gasteiger charge is 2.25. The van der Waals surface area contributed by atoms with Crippen LogP contribution in [0.25, 0.3) is 11.4 Å². The minimum Gasteiger partial charge on any atom is -0.326 e. The summed E-state index contributed by atoms with van der Waals surface area (Å²) in [5, 5.41) is 4.58. The van der Waals surface area contributed by atoms with Gasteiger partial charge in [0.1, 0.15) is 5.82 Å². The number of fused-ring (bicyclic) bond motifs is 1. The van der Waals surface area contributed by atoms with Gasteiger partial charge in [0.2, 0.25) is 0 Å². The lowest BCUT2D eigenvalue weighted by molar-refractivity contribution is 0.339. The molecule has 2 N–H and O–H groups in total. The van der Waals surface area contributed by atoms with E-state index in [0.29, 0.717) is 0 Å². The van der Waals surface area contributed by atoms with Crippen LogP contribution in [-0.2, 0) is 6.42 Å². The molecule has 0 bridgehead atoms. The van der Waals surface area contributed by atoms with Crippen LogP contribution in [0.5, 0.6) is 0 Å². The maximum Gasteiger partial charge on any atom is 0.181 e. The lowest BCUT2D eigenvalue weighted by Gasteiger charge is -2.25. The van der Waals surface area contributed by atoms with Gasteiger partial charge < -0.3 is 5.73 Å². The number of nitrogens with zero attached hydrogens (tertiary/aromatic N) is 3. The summed E-state index contributed by atoms with van der Waals surface area (Å²) in [5.41, 5.74) is 7.12. The second-order valence-electron chi connectivity index (χ2n) is 4.61. The first-order chi connectivity index (χ1) is 8.25. The Morgan fingerprint density at radius 2 is 2.06 bits per heavy atom. The third kappa shape index (κ3) is 1.74. The molecular weight excluding hydrogens is 212 g/mol. The summed E-state index contributed by atoms with van der Waals surface area (Å²) >= 11 is 0. The van der Waals surface area contributed by atoms with Gasteiger partial charge in [0.05, 0.1) is 6.04 Å². The molecule has 0 radical (unpaired) electrons. The van der Waals surface area contributed by atoms with Crippen molar-refractivity contribution in [1.29, 1.82) is 0 Å². The van der Waals surface area contributed by atoms with Crippen LogP contribution in [0, 0.1) is 0 Å². The molecule has 2 unspecified atom stereocenters. The van der Waals surface area contributed by atoms with E-state index in [-0.39, 0.29) is 12.1 Å². The van der Waals surface area contributed by atoms with Crippen LogP contribution in [-0.4, -0.2) is 20.8 Å². The molecule has 4 heteroatoms. The Kier molecular flexibility index (Phi) is 2.44. The average molecular weight is 228 g/mol. The van der Waals surface area contributed by atoms with Crippen LogP contribution in [0.4, 0.5) is 0 Å². The number of hydrogen-bond donors (Lipinski definition) is 1. The number of aromatic nitrogens is 3. The maximum atomic E-state index is 6.05.